The molecule has 0 bridgehead atoms. The molecule has 1 aliphatic rings. The smallest absolute Gasteiger partial charge is 0.153 e. The van der Waals surface area contributed by atoms with Crippen LogP contribution in [0.1, 0.15) is 50.8 Å². The summed E-state index contributed by atoms with van der Waals surface area (Å²) in [6.07, 6.45) is 2.82. The fourth-order valence-electron chi connectivity index (χ4n) is 3.73. The monoisotopic (exact) mass is 365 g/mol. The van der Waals surface area contributed by atoms with Crippen LogP contribution in [-0.4, -0.2) is 51.0 Å². The number of para-hydroxylation sites is 1. The molecule has 1 saturated heterocycles. The van der Waals surface area contributed by atoms with Gasteiger partial charge >= 0.3 is 0 Å². The van der Waals surface area contributed by atoms with E-state index in [2.05, 4.69) is 54.9 Å². The second kappa shape index (κ2) is 7.74. The molecule has 3 aromatic rings. The van der Waals surface area contributed by atoms with E-state index in [-0.39, 0.29) is 12.0 Å². The summed E-state index contributed by atoms with van der Waals surface area (Å²) < 4.78 is 7.57. The first-order valence-corrected chi connectivity index (χ1v) is 9.81. The second-order valence-corrected chi connectivity index (χ2v) is 7.32. The third-order valence-electron chi connectivity index (χ3n) is 5.18. The molecule has 1 atom stereocenters. The number of pyridine rings is 1. The molecule has 3 heterocycles. The Kier molecular flexibility index (Phi) is 5.18. The fourth-order valence-corrected chi connectivity index (χ4v) is 3.73. The van der Waals surface area contributed by atoms with Crippen molar-refractivity contribution in [1.29, 1.82) is 0 Å². The number of ether oxygens (including phenoxy) is 1. The van der Waals surface area contributed by atoms with Gasteiger partial charge in [0.05, 0.1) is 30.5 Å². The van der Waals surface area contributed by atoms with E-state index >= 15 is 0 Å². The number of hydrogen-bond acceptors (Lipinski definition) is 5. The van der Waals surface area contributed by atoms with Crippen molar-refractivity contribution in [2.24, 2.45) is 0 Å². The molecule has 1 aliphatic heterocycles. The molecule has 142 valence electrons. The Morgan fingerprint density at radius 2 is 1.89 bits per heavy atom. The largest absolute Gasteiger partial charge is 0.379 e. The minimum atomic E-state index is 0.216. The highest BCUT2D eigenvalue weighted by molar-refractivity contribution is 5.86. The number of benzene rings is 1. The molecule has 4 rings (SSSR count). The maximum atomic E-state index is 5.55. The van der Waals surface area contributed by atoms with Crippen molar-refractivity contribution in [3.8, 4) is 5.69 Å². The predicted octanol–water partition coefficient (Wildman–Crippen LogP) is 3.72. The van der Waals surface area contributed by atoms with Crippen LogP contribution in [0.4, 0.5) is 0 Å². The molecule has 27 heavy (non-hydrogen) atoms. The summed E-state index contributed by atoms with van der Waals surface area (Å²) in [5.74, 6) is 2.15. The number of rotatable bonds is 5. The standard InChI is InChI=1S/C21H27N5O/c1-4-17(25-11-13-27-14-12-25)21-23-20(15(2)3)24-26(21)18-9-5-7-16-8-6-10-22-19(16)18/h5-10,15,17H,4,11-14H2,1-3H3/t17-/m0/s1. The molecule has 0 spiro atoms. The molecular weight excluding hydrogens is 338 g/mol. The van der Waals surface area contributed by atoms with Crippen molar-refractivity contribution in [2.75, 3.05) is 26.3 Å². The molecule has 1 fully saturated rings. The summed E-state index contributed by atoms with van der Waals surface area (Å²) in [6, 6.07) is 10.5. The molecule has 0 saturated carbocycles. The number of nitrogens with zero attached hydrogens (tertiary/aromatic N) is 5. The number of aromatic nitrogens is 4. The Hall–Kier alpha value is -2.31. The quantitative estimate of drug-likeness (QED) is 0.690. The zero-order valence-corrected chi connectivity index (χ0v) is 16.3. The zero-order valence-electron chi connectivity index (χ0n) is 16.3. The second-order valence-electron chi connectivity index (χ2n) is 7.32. The van der Waals surface area contributed by atoms with Gasteiger partial charge in [0.1, 0.15) is 5.82 Å². The van der Waals surface area contributed by atoms with Crippen LogP contribution in [-0.2, 0) is 4.74 Å². The van der Waals surface area contributed by atoms with Gasteiger partial charge in [-0.05, 0) is 18.6 Å². The number of morpholine rings is 1. The summed E-state index contributed by atoms with van der Waals surface area (Å²) >= 11 is 0. The van der Waals surface area contributed by atoms with Crippen molar-refractivity contribution in [3.05, 3.63) is 48.2 Å². The molecule has 0 N–H and O–H groups in total. The van der Waals surface area contributed by atoms with E-state index in [1.165, 1.54) is 0 Å². The fraction of sp³-hybridized carbons (Fsp3) is 0.476. The minimum Gasteiger partial charge on any atom is -0.379 e. The average molecular weight is 365 g/mol. The molecule has 0 aliphatic carbocycles. The van der Waals surface area contributed by atoms with Crippen LogP contribution >= 0.6 is 0 Å². The van der Waals surface area contributed by atoms with Gasteiger partial charge < -0.3 is 4.74 Å². The van der Waals surface area contributed by atoms with Gasteiger partial charge in [-0.2, -0.15) is 5.10 Å². The van der Waals surface area contributed by atoms with Crippen molar-refractivity contribution >= 4 is 10.9 Å². The first-order valence-electron chi connectivity index (χ1n) is 9.81. The lowest BCUT2D eigenvalue weighted by Crippen LogP contribution is -2.39. The third-order valence-corrected chi connectivity index (χ3v) is 5.18. The molecule has 2 aromatic heterocycles. The lowest BCUT2D eigenvalue weighted by Gasteiger charge is -2.33. The van der Waals surface area contributed by atoms with Gasteiger partial charge in [-0.1, -0.05) is 39.0 Å². The molecule has 6 nitrogen and oxygen atoms in total. The van der Waals surface area contributed by atoms with E-state index in [0.29, 0.717) is 0 Å². The Labute approximate surface area is 160 Å². The summed E-state index contributed by atoms with van der Waals surface area (Å²) in [6.45, 7) is 9.90. The first-order chi connectivity index (χ1) is 13.2. The van der Waals surface area contributed by atoms with Crippen LogP contribution in [0.5, 0.6) is 0 Å². The normalized spacial score (nSPS) is 16.9. The highest BCUT2D eigenvalue weighted by Gasteiger charge is 2.28. The maximum Gasteiger partial charge on any atom is 0.153 e. The summed E-state index contributed by atoms with van der Waals surface area (Å²) in [5.41, 5.74) is 1.95. The van der Waals surface area contributed by atoms with Crippen molar-refractivity contribution in [1.82, 2.24) is 24.6 Å². The Balaban J connectivity index is 1.86. The van der Waals surface area contributed by atoms with Crippen LogP contribution in [0.3, 0.4) is 0 Å². The van der Waals surface area contributed by atoms with Gasteiger partial charge in [-0.15, -0.1) is 0 Å². The van der Waals surface area contributed by atoms with Crippen molar-refractivity contribution in [3.63, 3.8) is 0 Å². The van der Waals surface area contributed by atoms with E-state index in [0.717, 1.165) is 61.0 Å². The van der Waals surface area contributed by atoms with E-state index in [1.807, 2.05) is 16.9 Å². The zero-order chi connectivity index (χ0) is 18.8. The van der Waals surface area contributed by atoms with Gasteiger partial charge in [0.15, 0.2) is 5.82 Å². The van der Waals surface area contributed by atoms with Gasteiger partial charge in [0, 0.05) is 30.6 Å². The van der Waals surface area contributed by atoms with E-state index in [9.17, 15) is 0 Å². The van der Waals surface area contributed by atoms with Crippen LogP contribution in [0, 0.1) is 0 Å². The van der Waals surface area contributed by atoms with E-state index in [4.69, 9.17) is 14.8 Å². The van der Waals surface area contributed by atoms with Crippen molar-refractivity contribution in [2.45, 2.75) is 39.2 Å². The van der Waals surface area contributed by atoms with Crippen LogP contribution in [0.25, 0.3) is 16.6 Å². The van der Waals surface area contributed by atoms with Gasteiger partial charge in [-0.3, -0.25) is 9.88 Å². The van der Waals surface area contributed by atoms with Gasteiger partial charge in [-0.25, -0.2) is 9.67 Å². The summed E-state index contributed by atoms with van der Waals surface area (Å²) in [4.78, 5) is 12.1. The molecule has 6 heteroatoms. The highest BCUT2D eigenvalue weighted by Crippen LogP contribution is 2.29. The molecule has 0 amide bonds. The van der Waals surface area contributed by atoms with Crippen molar-refractivity contribution < 1.29 is 4.74 Å². The SMILES string of the molecule is CC[C@@H](c1nc(C(C)C)nn1-c1cccc2cccnc12)N1CCOCC1. The summed E-state index contributed by atoms with van der Waals surface area (Å²) in [5, 5.41) is 6.01. The lowest BCUT2D eigenvalue weighted by atomic mass is 10.1. The van der Waals surface area contributed by atoms with E-state index < -0.39 is 0 Å². The van der Waals surface area contributed by atoms with Crippen LogP contribution < -0.4 is 0 Å². The Bertz CT molecular complexity index is 909. The minimum absolute atomic E-state index is 0.216. The molecule has 0 radical (unpaired) electrons. The van der Waals surface area contributed by atoms with Gasteiger partial charge in [0.25, 0.3) is 0 Å². The summed E-state index contributed by atoms with van der Waals surface area (Å²) in [7, 11) is 0. The Morgan fingerprint density at radius 3 is 2.63 bits per heavy atom. The van der Waals surface area contributed by atoms with Crippen LogP contribution in [0.2, 0.25) is 0 Å². The van der Waals surface area contributed by atoms with E-state index in [1.54, 1.807) is 0 Å². The highest BCUT2D eigenvalue weighted by atomic mass is 16.5. The predicted molar refractivity (Wildman–Crippen MR) is 106 cm³/mol. The number of hydrogen-bond donors (Lipinski definition) is 0. The topological polar surface area (TPSA) is 56.1 Å². The Morgan fingerprint density at radius 1 is 1.11 bits per heavy atom. The first kappa shape index (κ1) is 18.1. The molecule has 0 unspecified atom stereocenters. The molecule has 1 aromatic carbocycles. The number of fused-ring (bicyclic) bond motifs is 1. The maximum absolute atomic E-state index is 5.55. The molecular formula is C21H27N5O. The lowest BCUT2D eigenvalue weighted by molar-refractivity contribution is 0.0129. The average Bonchev–Trinajstić information content (AvgIpc) is 3.14. The van der Waals surface area contributed by atoms with Crippen LogP contribution in [0.15, 0.2) is 36.5 Å². The third kappa shape index (κ3) is 3.47. The van der Waals surface area contributed by atoms with Gasteiger partial charge in [0.2, 0.25) is 0 Å².